The first-order chi connectivity index (χ1) is 11.2. The van der Waals surface area contributed by atoms with E-state index in [9.17, 15) is 19.5 Å². The summed E-state index contributed by atoms with van der Waals surface area (Å²) in [6.07, 6.45) is 1.97. The Labute approximate surface area is 141 Å². The zero-order valence-electron chi connectivity index (χ0n) is 14.3. The van der Waals surface area contributed by atoms with Gasteiger partial charge in [0.15, 0.2) is 0 Å². The fourth-order valence-electron chi connectivity index (χ4n) is 4.35. The highest BCUT2D eigenvalue weighted by Gasteiger charge is 2.47. The van der Waals surface area contributed by atoms with Crippen molar-refractivity contribution in [2.24, 2.45) is 17.3 Å². The van der Waals surface area contributed by atoms with Crippen LogP contribution in [0, 0.1) is 17.3 Å². The summed E-state index contributed by atoms with van der Waals surface area (Å²) in [6, 6.07) is 6.66. The maximum atomic E-state index is 12.6. The van der Waals surface area contributed by atoms with Crippen molar-refractivity contribution in [1.82, 2.24) is 4.90 Å². The molecule has 0 spiro atoms. The molecule has 0 radical (unpaired) electrons. The van der Waals surface area contributed by atoms with E-state index in [2.05, 4.69) is 0 Å². The van der Waals surface area contributed by atoms with Gasteiger partial charge in [-0.1, -0.05) is 32.9 Å². The normalized spacial score (nSPS) is 25.0. The average molecular weight is 329 g/mol. The van der Waals surface area contributed by atoms with Gasteiger partial charge in [0.2, 0.25) is 0 Å². The van der Waals surface area contributed by atoms with Crippen molar-refractivity contribution in [1.29, 1.82) is 0 Å². The molecule has 5 heteroatoms. The molecule has 1 aliphatic heterocycles. The van der Waals surface area contributed by atoms with Crippen LogP contribution in [0.3, 0.4) is 0 Å². The molecule has 1 aliphatic carbocycles. The molecule has 128 valence electrons. The average Bonchev–Trinajstić information content (AvgIpc) is 3.02. The third kappa shape index (κ3) is 2.62. The molecule has 1 aromatic carbocycles. The molecule has 2 aliphatic rings. The number of carboxylic acids is 1. The number of rotatable bonds is 3. The van der Waals surface area contributed by atoms with Gasteiger partial charge < -0.3 is 5.11 Å². The molecular formula is C19H23NO4. The molecule has 3 atom stereocenters. The number of amides is 2. The zero-order valence-corrected chi connectivity index (χ0v) is 14.3. The predicted octanol–water partition coefficient (Wildman–Crippen LogP) is 3.20. The lowest BCUT2D eigenvalue weighted by Crippen LogP contribution is -2.39. The van der Waals surface area contributed by atoms with Crippen LogP contribution in [0.4, 0.5) is 0 Å². The van der Waals surface area contributed by atoms with Gasteiger partial charge in [-0.25, -0.2) is 0 Å². The quantitative estimate of drug-likeness (QED) is 0.864. The van der Waals surface area contributed by atoms with Gasteiger partial charge in [0.05, 0.1) is 17.0 Å². The molecule has 3 rings (SSSR count). The highest BCUT2D eigenvalue weighted by atomic mass is 16.4. The van der Waals surface area contributed by atoms with Gasteiger partial charge in [-0.2, -0.15) is 0 Å². The minimum atomic E-state index is -0.796. The minimum Gasteiger partial charge on any atom is -0.481 e. The summed E-state index contributed by atoms with van der Waals surface area (Å²) in [7, 11) is 0. The second-order valence-corrected chi connectivity index (χ2v) is 7.93. The molecule has 24 heavy (non-hydrogen) atoms. The van der Waals surface area contributed by atoms with Crippen LogP contribution in [0.15, 0.2) is 24.3 Å². The topological polar surface area (TPSA) is 74.7 Å². The van der Waals surface area contributed by atoms with E-state index in [0.717, 1.165) is 6.42 Å². The fourth-order valence-corrected chi connectivity index (χ4v) is 4.35. The third-order valence-corrected chi connectivity index (χ3v) is 5.31. The van der Waals surface area contributed by atoms with E-state index in [1.54, 1.807) is 24.3 Å². The molecule has 1 fully saturated rings. The number of nitrogens with zero attached hydrogens (tertiary/aromatic N) is 1. The largest absolute Gasteiger partial charge is 0.481 e. The van der Waals surface area contributed by atoms with Crippen LogP contribution in [0.25, 0.3) is 0 Å². The molecule has 1 saturated carbocycles. The van der Waals surface area contributed by atoms with Gasteiger partial charge in [0.1, 0.15) is 0 Å². The molecule has 3 unspecified atom stereocenters. The Morgan fingerprint density at radius 2 is 1.67 bits per heavy atom. The van der Waals surface area contributed by atoms with E-state index in [1.165, 1.54) is 4.90 Å². The van der Waals surface area contributed by atoms with E-state index >= 15 is 0 Å². The van der Waals surface area contributed by atoms with Gasteiger partial charge in [0.25, 0.3) is 11.8 Å². The Bertz CT molecular complexity index is 669. The SMILES string of the molecule is CC(C)(C)C(C(=O)O)C1CCC(N2C(=O)c3ccccc3C2=O)C1. The lowest BCUT2D eigenvalue weighted by Gasteiger charge is -2.32. The van der Waals surface area contributed by atoms with Crippen LogP contribution in [-0.2, 0) is 4.79 Å². The van der Waals surface area contributed by atoms with Gasteiger partial charge in [0, 0.05) is 6.04 Å². The minimum absolute atomic E-state index is 0.0168. The molecule has 1 N–H and O–H groups in total. The molecule has 0 aromatic heterocycles. The van der Waals surface area contributed by atoms with E-state index in [1.807, 2.05) is 20.8 Å². The molecular weight excluding hydrogens is 306 g/mol. The second-order valence-electron chi connectivity index (χ2n) is 7.93. The lowest BCUT2D eigenvalue weighted by molar-refractivity contribution is -0.148. The number of carbonyl (C=O) groups is 3. The zero-order chi connectivity index (χ0) is 17.6. The molecule has 5 nitrogen and oxygen atoms in total. The summed E-state index contributed by atoms with van der Waals surface area (Å²) < 4.78 is 0. The number of carbonyl (C=O) groups excluding carboxylic acids is 2. The standard InChI is InChI=1S/C19H23NO4/c1-19(2,3)15(18(23)24)11-8-9-12(10-11)20-16(21)13-6-4-5-7-14(13)17(20)22/h4-7,11-12,15H,8-10H2,1-3H3,(H,23,24). The Morgan fingerprint density at radius 1 is 1.12 bits per heavy atom. The van der Waals surface area contributed by atoms with Crippen molar-refractivity contribution in [3.05, 3.63) is 35.4 Å². The maximum absolute atomic E-state index is 12.6. The number of imide groups is 1. The second kappa shape index (κ2) is 5.72. The summed E-state index contributed by atoms with van der Waals surface area (Å²) in [5.74, 6) is -1.78. The van der Waals surface area contributed by atoms with Gasteiger partial charge in [-0.3, -0.25) is 19.3 Å². The highest BCUT2D eigenvalue weighted by molar-refractivity contribution is 6.21. The van der Waals surface area contributed by atoms with E-state index in [0.29, 0.717) is 24.0 Å². The number of fused-ring (bicyclic) bond motifs is 1. The van der Waals surface area contributed by atoms with E-state index in [4.69, 9.17) is 0 Å². The Balaban J connectivity index is 1.81. The first-order valence-corrected chi connectivity index (χ1v) is 8.41. The van der Waals surface area contributed by atoms with Crippen molar-refractivity contribution in [2.75, 3.05) is 0 Å². The van der Waals surface area contributed by atoms with Crippen LogP contribution < -0.4 is 0 Å². The molecule has 0 saturated heterocycles. The van der Waals surface area contributed by atoms with Crippen LogP contribution >= 0.6 is 0 Å². The summed E-state index contributed by atoms with van der Waals surface area (Å²) in [5, 5.41) is 9.62. The summed E-state index contributed by atoms with van der Waals surface area (Å²) in [6.45, 7) is 5.80. The number of benzene rings is 1. The molecule has 1 aromatic rings. The summed E-state index contributed by atoms with van der Waals surface area (Å²) in [5.41, 5.74) is 0.556. The van der Waals surface area contributed by atoms with Crippen molar-refractivity contribution in [3.63, 3.8) is 0 Å². The Hall–Kier alpha value is -2.17. The van der Waals surface area contributed by atoms with Crippen molar-refractivity contribution in [2.45, 2.75) is 46.1 Å². The van der Waals surface area contributed by atoms with Crippen LogP contribution in [0.5, 0.6) is 0 Å². The van der Waals surface area contributed by atoms with E-state index < -0.39 is 11.9 Å². The molecule has 2 amide bonds. The monoisotopic (exact) mass is 329 g/mol. The number of hydrogen-bond acceptors (Lipinski definition) is 3. The molecule has 0 bridgehead atoms. The maximum Gasteiger partial charge on any atom is 0.307 e. The van der Waals surface area contributed by atoms with Crippen LogP contribution in [-0.4, -0.2) is 33.8 Å². The fraction of sp³-hybridized carbons (Fsp3) is 0.526. The summed E-state index contributed by atoms with van der Waals surface area (Å²) >= 11 is 0. The third-order valence-electron chi connectivity index (χ3n) is 5.31. The number of aliphatic carboxylic acids is 1. The van der Waals surface area contributed by atoms with Crippen molar-refractivity contribution >= 4 is 17.8 Å². The van der Waals surface area contributed by atoms with E-state index in [-0.39, 0.29) is 29.2 Å². The van der Waals surface area contributed by atoms with Gasteiger partial charge in [-0.05, 0) is 42.7 Å². The highest BCUT2D eigenvalue weighted by Crippen LogP contribution is 2.43. The van der Waals surface area contributed by atoms with Gasteiger partial charge in [-0.15, -0.1) is 0 Å². The first kappa shape index (κ1) is 16.7. The number of carboxylic acid groups (broad SMARTS) is 1. The van der Waals surface area contributed by atoms with Crippen molar-refractivity contribution < 1.29 is 19.5 Å². The Morgan fingerprint density at radius 3 is 2.12 bits per heavy atom. The smallest absolute Gasteiger partial charge is 0.307 e. The van der Waals surface area contributed by atoms with Gasteiger partial charge >= 0.3 is 5.97 Å². The number of hydrogen-bond donors (Lipinski definition) is 1. The first-order valence-electron chi connectivity index (χ1n) is 8.41. The van der Waals surface area contributed by atoms with Crippen LogP contribution in [0.1, 0.15) is 60.7 Å². The predicted molar refractivity (Wildman–Crippen MR) is 88.7 cm³/mol. The summed E-state index contributed by atoms with van der Waals surface area (Å²) in [4.78, 5) is 38.3. The van der Waals surface area contributed by atoms with Crippen molar-refractivity contribution in [3.8, 4) is 0 Å². The molecule has 1 heterocycles. The van der Waals surface area contributed by atoms with Crippen LogP contribution in [0.2, 0.25) is 0 Å². The Kier molecular flexibility index (Phi) is 3.98. The lowest BCUT2D eigenvalue weighted by atomic mass is 9.72.